The zero-order valence-electron chi connectivity index (χ0n) is 8.53. The molecule has 2 aliphatic rings. The molecule has 2 aliphatic heterocycles. The Morgan fingerprint density at radius 3 is 2.71 bits per heavy atom. The average molecular weight is 196 g/mol. The summed E-state index contributed by atoms with van der Waals surface area (Å²) < 4.78 is 5.26. The second-order valence-electron chi connectivity index (χ2n) is 3.70. The van der Waals surface area contributed by atoms with E-state index in [9.17, 15) is 4.79 Å². The molecule has 0 aromatic carbocycles. The molecule has 2 heterocycles. The Balaban J connectivity index is 2.08. The van der Waals surface area contributed by atoms with Gasteiger partial charge in [0.2, 0.25) is 0 Å². The average Bonchev–Trinajstić information content (AvgIpc) is 2.23. The van der Waals surface area contributed by atoms with Crippen molar-refractivity contribution in [3.05, 3.63) is 11.8 Å². The summed E-state index contributed by atoms with van der Waals surface area (Å²) >= 11 is 0. The smallest absolute Gasteiger partial charge is 0.269 e. The fourth-order valence-corrected chi connectivity index (χ4v) is 1.85. The van der Waals surface area contributed by atoms with E-state index in [0.29, 0.717) is 0 Å². The summed E-state index contributed by atoms with van der Waals surface area (Å²) in [6.45, 7) is 3.98. The second-order valence-corrected chi connectivity index (χ2v) is 3.70. The molecule has 78 valence electrons. The second kappa shape index (κ2) is 4.00. The molecule has 1 saturated heterocycles. The highest BCUT2D eigenvalue weighted by Gasteiger charge is 2.24. The molecule has 0 atom stereocenters. The van der Waals surface area contributed by atoms with Crippen molar-refractivity contribution in [3.63, 3.8) is 0 Å². The highest BCUT2D eigenvalue weighted by Crippen LogP contribution is 2.15. The quantitative estimate of drug-likeness (QED) is 0.594. The Hall–Kier alpha value is -1.03. The van der Waals surface area contributed by atoms with E-state index in [1.807, 2.05) is 13.1 Å². The van der Waals surface area contributed by atoms with Gasteiger partial charge in [-0.25, -0.2) is 0 Å². The minimum Gasteiger partial charge on any atom is -0.378 e. The van der Waals surface area contributed by atoms with Crippen LogP contribution in [-0.4, -0.2) is 55.6 Å². The fraction of sp³-hybridized carbons (Fsp3) is 0.700. The van der Waals surface area contributed by atoms with Gasteiger partial charge in [0, 0.05) is 26.7 Å². The van der Waals surface area contributed by atoms with Crippen LogP contribution in [-0.2, 0) is 9.53 Å². The lowest BCUT2D eigenvalue weighted by atomic mass is 10.2. The van der Waals surface area contributed by atoms with Gasteiger partial charge in [-0.2, -0.15) is 0 Å². The van der Waals surface area contributed by atoms with Crippen LogP contribution in [0.25, 0.3) is 0 Å². The van der Waals surface area contributed by atoms with Crippen LogP contribution in [0.3, 0.4) is 0 Å². The summed E-state index contributed by atoms with van der Waals surface area (Å²) in [4.78, 5) is 15.7. The molecule has 2 rings (SSSR count). The molecule has 0 unspecified atom stereocenters. The highest BCUT2D eigenvalue weighted by atomic mass is 16.5. The lowest BCUT2D eigenvalue weighted by Crippen LogP contribution is -2.43. The van der Waals surface area contributed by atoms with E-state index in [1.54, 1.807) is 4.90 Å². The Bertz CT molecular complexity index is 257. The van der Waals surface area contributed by atoms with Crippen molar-refractivity contribution in [2.75, 3.05) is 39.9 Å². The Morgan fingerprint density at radius 2 is 2.00 bits per heavy atom. The van der Waals surface area contributed by atoms with Crippen molar-refractivity contribution in [1.82, 2.24) is 9.80 Å². The van der Waals surface area contributed by atoms with Crippen molar-refractivity contribution in [1.29, 1.82) is 0 Å². The van der Waals surface area contributed by atoms with E-state index in [-0.39, 0.29) is 5.91 Å². The van der Waals surface area contributed by atoms with Gasteiger partial charge in [0.25, 0.3) is 5.91 Å². The first kappa shape index (κ1) is 9.52. The topological polar surface area (TPSA) is 32.8 Å². The number of morpholine rings is 1. The van der Waals surface area contributed by atoms with Crippen molar-refractivity contribution < 1.29 is 9.53 Å². The van der Waals surface area contributed by atoms with Gasteiger partial charge < -0.3 is 14.5 Å². The third-order valence-electron chi connectivity index (χ3n) is 2.72. The maximum atomic E-state index is 11.8. The van der Waals surface area contributed by atoms with Gasteiger partial charge in [0.15, 0.2) is 0 Å². The molecule has 0 saturated carbocycles. The molecule has 0 aliphatic carbocycles. The van der Waals surface area contributed by atoms with Crippen LogP contribution >= 0.6 is 0 Å². The number of likely N-dealkylation sites (N-methyl/N-ethyl adjacent to an activating group) is 1. The molecule has 0 aromatic heterocycles. The standard InChI is InChI=1S/C10H16N2O2/c1-11-4-2-3-9(10(11)13)12-5-7-14-8-6-12/h3H,2,4-8H2,1H3. The van der Waals surface area contributed by atoms with Crippen LogP contribution in [0, 0.1) is 0 Å². The Labute approximate surface area is 84.1 Å². The number of ether oxygens (including phenoxy) is 1. The maximum Gasteiger partial charge on any atom is 0.269 e. The normalized spacial score (nSPS) is 23.8. The van der Waals surface area contributed by atoms with Crippen molar-refractivity contribution in [3.8, 4) is 0 Å². The van der Waals surface area contributed by atoms with Crippen LogP contribution in [0.1, 0.15) is 6.42 Å². The number of amides is 1. The summed E-state index contributed by atoms with van der Waals surface area (Å²) in [7, 11) is 1.86. The van der Waals surface area contributed by atoms with Crippen molar-refractivity contribution >= 4 is 5.91 Å². The number of nitrogens with zero attached hydrogens (tertiary/aromatic N) is 2. The van der Waals surface area contributed by atoms with Gasteiger partial charge >= 0.3 is 0 Å². The van der Waals surface area contributed by atoms with E-state index in [0.717, 1.165) is 45.0 Å². The minimum absolute atomic E-state index is 0.151. The number of hydrogen-bond acceptors (Lipinski definition) is 3. The SMILES string of the molecule is CN1CCC=C(N2CCOCC2)C1=O. The van der Waals surface area contributed by atoms with Gasteiger partial charge in [-0.3, -0.25) is 4.79 Å². The third-order valence-corrected chi connectivity index (χ3v) is 2.72. The molecule has 4 nitrogen and oxygen atoms in total. The molecule has 0 radical (unpaired) electrons. The first-order valence-corrected chi connectivity index (χ1v) is 5.07. The Morgan fingerprint density at radius 1 is 1.29 bits per heavy atom. The molecule has 0 bridgehead atoms. The highest BCUT2D eigenvalue weighted by molar-refractivity contribution is 5.93. The van der Waals surface area contributed by atoms with E-state index in [1.165, 1.54) is 0 Å². The number of rotatable bonds is 1. The molecular formula is C10H16N2O2. The monoisotopic (exact) mass is 196 g/mol. The molecule has 0 aromatic rings. The van der Waals surface area contributed by atoms with Gasteiger partial charge in [-0.1, -0.05) is 6.08 Å². The number of carbonyl (C=O) groups is 1. The van der Waals surface area contributed by atoms with Gasteiger partial charge in [-0.15, -0.1) is 0 Å². The Kier molecular flexibility index (Phi) is 2.72. The van der Waals surface area contributed by atoms with Crippen LogP contribution in [0.15, 0.2) is 11.8 Å². The van der Waals surface area contributed by atoms with Gasteiger partial charge in [0.05, 0.1) is 18.9 Å². The predicted molar refractivity (Wildman–Crippen MR) is 52.7 cm³/mol. The van der Waals surface area contributed by atoms with Crippen molar-refractivity contribution in [2.24, 2.45) is 0 Å². The molecule has 1 fully saturated rings. The molecule has 0 N–H and O–H groups in total. The largest absolute Gasteiger partial charge is 0.378 e. The van der Waals surface area contributed by atoms with Crippen LogP contribution < -0.4 is 0 Å². The van der Waals surface area contributed by atoms with Crippen LogP contribution in [0.5, 0.6) is 0 Å². The van der Waals surface area contributed by atoms with Crippen LogP contribution in [0.4, 0.5) is 0 Å². The van der Waals surface area contributed by atoms with Crippen molar-refractivity contribution in [2.45, 2.75) is 6.42 Å². The summed E-state index contributed by atoms with van der Waals surface area (Å²) in [6, 6.07) is 0. The summed E-state index contributed by atoms with van der Waals surface area (Å²) in [5.41, 5.74) is 0.863. The van der Waals surface area contributed by atoms with E-state index >= 15 is 0 Å². The van der Waals surface area contributed by atoms with E-state index < -0.39 is 0 Å². The molecule has 0 spiro atoms. The van der Waals surface area contributed by atoms with E-state index in [2.05, 4.69) is 4.90 Å². The zero-order chi connectivity index (χ0) is 9.97. The maximum absolute atomic E-state index is 11.8. The lowest BCUT2D eigenvalue weighted by Gasteiger charge is -2.34. The number of carbonyl (C=O) groups excluding carboxylic acids is 1. The molecular weight excluding hydrogens is 180 g/mol. The molecule has 14 heavy (non-hydrogen) atoms. The zero-order valence-corrected chi connectivity index (χ0v) is 8.53. The summed E-state index contributed by atoms with van der Waals surface area (Å²) in [5, 5.41) is 0. The fourth-order valence-electron chi connectivity index (χ4n) is 1.85. The van der Waals surface area contributed by atoms with Gasteiger partial charge in [-0.05, 0) is 6.42 Å². The van der Waals surface area contributed by atoms with Crippen LogP contribution in [0.2, 0.25) is 0 Å². The third kappa shape index (κ3) is 1.75. The minimum atomic E-state index is 0.151. The first-order chi connectivity index (χ1) is 6.79. The van der Waals surface area contributed by atoms with Gasteiger partial charge in [0.1, 0.15) is 0 Å². The summed E-state index contributed by atoms with van der Waals surface area (Å²) in [5.74, 6) is 0.151. The van der Waals surface area contributed by atoms with E-state index in [4.69, 9.17) is 4.74 Å². The lowest BCUT2D eigenvalue weighted by molar-refractivity contribution is -0.128. The first-order valence-electron chi connectivity index (χ1n) is 5.07. The number of hydrogen-bond donors (Lipinski definition) is 0. The molecule has 4 heteroatoms. The predicted octanol–water partition coefficient (Wildman–Crippen LogP) is 0.0646. The summed E-state index contributed by atoms with van der Waals surface area (Å²) in [6.07, 6.45) is 3.02. The molecule has 1 amide bonds.